The fourth-order valence-electron chi connectivity index (χ4n) is 32.2. The van der Waals surface area contributed by atoms with Gasteiger partial charge in [0.05, 0.1) is 377 Å². The lowest BCUT2D eigenvalue weighted by Gasteiger charge is -2.40. The van der Waals surface area contributed by atoms with Gasteiger partial charge in [0, 0.05) is 0 Å². The zero-order chi connectivity index (χ0) is 107. The Morgan fingerprint density at radius 2 is 0.114 bits per heavy atom. The molecule has 0 aliphatic rings. The molecule has 140 heavy (non-hydrogen) atoms. The molecule has 0 bridgehead atoms. The molecule has 0 aliphatic carbocycles. The molecular formula is C92H234B48. The molecular weight excluding hydrogens is 1620 g/mol. The van der Waals surface area contributed by atoms with Gasteiger partial charge in [0.2, 0.25) is 0 Å². The Labute approximate surface area is 931 Å². The molecule has 0 aromatic carbocycles. The van der Waals surface area contributed by atoms with Crippen LogP contribution in [0.2, 0.25) is 137 Å². The molecule has 0 amide bonds. The summed E-state index contributed by atoms with van der Waals surface area (Å²) in [7, 11) is 126. The fourth-order valence-corrected chi connectivity index (χ4v) is 32.2. The van der Waals surface area contributed by atoms with Crippen molar-refractivity contribution in [1.82, 2.24) is 0 Å². The largest absolute Gasteiger partial charge is 0.0959 e. The molecule has 0 aromatic rings. The van der Waals surface area contributed by atoms with Crippen LogP contribution in [0.1, 0.15) is 295 Å². The lowest BCUT2D eigenvalue weighted by molar-refractivity contribution is 0.123. The molecule has 746 valence electrons. The second-order valence-corrected chi connectivity index (χ2v) is 63.5. The Hall–Kier alpha value is 3.12. The highest BCUT2D eigenvalue weighted by Crippen LogP contribution is 2.52. The van der Waals surface area contributed by atoms with E-state index in [-0.39, 0.29) is 0 Å². The summed E-state index contributed by atoms with van der Waals surface area (Å²) in [5.41, 5.74) is 17.5. The Bertz CT molecular complexity index is 2370. The summed E-state index contributed by atoms with van der Waals surface area (Å²) in [5.74, 6) is 17.0. The minimum Gasteiger partial charge on any atom is -0.0959 e. The predicted molar refractivity (Wildman–Crippen MR) is 789 cm³/mol. The quantitative estimate of drug-likeness (QED) is 0.0533. The molecule has 0 saturated heterocycles. The Morgan fingerprint density at radius 3 is 0.179 bits per heavy atom. The zero-order valence-electron chi connectivity index (χ0n) is 107. The van der Waals surface area contributed by atoms with Crippen LogP contribution in [0.5, 0.6) is 0 Å². The van der Waals surface area contributed by atoms with E-state index in [4.69, 9.17) is 0 Å². The predicted octanol–water partition coefficient (Wildman–Crippen LogP) is -15.2. The summed E-state index contributed by atoms with van der Waals surface area (Å²) in [6, 6.07) is 0. The van der Waals surface area contributed by atoms with Crippen molar-refractivity contribution in [2.45, 2.75) is 433 Å². The first-order valence-corrected chi connectivity index (χ1v) is 65.0. The molecule has 0 fully saturated rings. The molecule has 0 spiro atoms. The van der Waals surface area contributed by atoms with Gasteiger partial charge in [-0.15, -0.1) is 0 Å². The van der Waals surface area contributed by atoms with Crippen LogP contribution in [0.3, 0.4) is 0 Å². The summed E-state index contributed by atoms with van der Waals surface area (Å²) in [5, 5.41) is 0. The highest BCUT2D eigenvalue weighted by atomic mass is 14.4. The summed E-state index contributed by atoms with van der Waals surface area (Å²) in [6.07, 6.45) is 66.1. The van der Waals surface area contributed by atoms with E-state index in [9.17, 15) is 0 Å². The van der Waals surface area contributed by atoms with Crippen molar-refractivity contribution in [2.24, 2.45) is 130 Å². The first kappa shape index (κ1) is 143. The van der Waals surface area contributed by atoms with Gasteiger partial charge >= 0.3 is 0 Å². The SMILES string of the molecule is BC(B)CCC(CC(B)B)CC(CC(CC(B)B)CC(B)B)CC(CC(CC(CC(B)B)CC(B)B)CC(CC(B)B)CC(B)B)CC(CC(CC(CC(CC(B)B)CC(B)B)CC(CC(B)B)CC(B)B)CC(CC(CC(B)B)CC(B)B)CC(CC(B)B)CC(B)B)CC(CC(CC(CC(B)B)CC(B)B)CC(CC(B)B)CC(B)B)CC(CC(CC(B)B)CC(B)B)CC(CC(B)B)CC(B)B. The van der Waals surface area contributed by atoms with E-state index in [0.29, 0.717) is 5.92 Å². The van der Waals surface area contributed by atoms with E-state index in [2.05, 4.69) is 377 Å². The van der Waals surface area contributed by atoms with Crippen LogP contribution in [-0.2, 0) is 0 Å². The van der Waals surface area contributed by atoms with Gasteiger partial charge < -0.3 is 0 Å². The van der Waals surface area contributed by atoms with Crippen LogP contribution in [0.4, 0.5) is 0 Å². The highest BCUT2D eigenvalue weighted by molar-refractivity contribution is 6.43. The fraction of sp³-hybridized carbons (Fsp3) is 1.00. The number of hydrogen-bond donors (Lipinski definition) is 0. The molecule has 3 unspecified atom stereocenters. The molecule has 0 saturated carbocycles. The monoisotopic (exact) mass is 1870 g/mol. The van der Waals surface area contributed by atoms with Gasteiger partial charge in [-0.2, -0.15) is 0 Å². The van der Waals surface area contributed by atoms with Crippen molar-refractivity contribution >= 4 is 377 Å². The van der Waals surface area contributed by atoms with E-state index in [1.807, 2.05) is 0 Å². The lowest BCUT2D eigenvalue weighted by atomic mass is 9.58. The third kappa shape index (κ3) is 81.7. The molecule has 0 nitrogen and oxygen atoms in total. The minimum absolute atomic E-state index is 0.708. The van der Waals surface area contributed by atoms with Crippen LogP contribution in [0.15, 0.2) is 0 Å². The average Bonchev–Trinajstić information content (AvgIpc) is 0.838. The molecule has 3 atom stereocenters. The molecule has 0 radical (unpaired) electrons. The van der Waals surface area contributed by atoms with Crippen molar-refractivity contribution < 1.29 is 0 Å². The second kappa shape index (κ2) is 80.8. The summed E-state index contributed by atoms with van der Waals surface area (Å²) < 4.78 is 0. The molecule has 0 rings (SSSR count). The summed E-state index contributed by atoms with van der Waals surface area (Å²) >= 11 is 0. The maximum absolute atomic E-state index is 2.63. The molecule has 0 aliphatic heterocycles. The topological polar surface area (TPSA) is 0 Å². The van der Waals surface area contributed by atoms with E-state index >= 15 is 0 Å². The van der Waals surface area contributed by atoms with E-state index < -0.39 is 0 Å². The molecule has 48 heteroatoms. The van der Waals surface area contributed by atoms with Crippen LogP contribution in [0, 0.1) is 130 Å². The average molecular weight is 1860 g/mol. The lowest BCUT2D eigenvalue weighted by Crippen LogP contribution is -2.28. The maximum Gasteiger partial charge on any atom is 0.0957 e. The first-order valence-electron chi connectivity index (χ1n) is 65.0. The number of hydrogen-bond acceptors (Lipinski definition) is 0. The van der Waals surface area contributed by atoms with Crippen molar-refractivity contribution in [1.29, 1.82) is 0 Å². The van der Waals surface area contributed by atoms with Crippen molar-refractivity contribution in [3.05, 3.63) is 0 Å². The van der Waals surface area contributed by atoms with Gasteiger partial charge in [0.15, 0.2) is 0 Å². The van der Waals surface area contributed by atoms with Crippen molar-refractivity contribution in [2.75, 3.05) is 0 Å². The van der Waals surface area contributed by atoms with Gasteiger partial charge in [-0.1, -0.05) is 298 Å². The van der Waals surface area contributed by atoms with Crippen molar-refractivity contribution in [3.63, 3.8) is 0 Å². The molecule has 0 N–H and O–H groups in total. The van der Waals surface area contributed by atoms with E-state index in [0.717, 1.165) is 261 Å². The number of rotatable bonds is 91. The third-order valence-electron chi connectivity index (χ3n) is 33.7. The Balaban J connectivity index is 12.3. The Kier molecular flexibility index (Phi) is 82.6. The van der Waals surface area contributed by atoms with Gasteiger partial charge in [-0.25, -0.2) is 0 Å². The third-order valence-corrected chi connectivity index (χ3v) is 33.7. The second-order valence-electron chi connectivity index (χ2n) is 63.5. The smallest absolute Gasteiger partial charge is 0.0957 e. The van der Waals surface area contributed by atoms with Crippen molar-refractivity contribution in [3.8, 4) is 0 Å². The minimum atomic E-state index is 0.708. The van der Waals surface area contributed by atoms with Crippen LogP contribution in [0.25, 0.3) is 0 Å². The zero-order valence-corrected chi connectivity index (χ0v) is 107. The van der Waals surface area contributed by atoms with E-state index in [1.165, 1.54) is 295 Å². The van der Waals surface area contributed by atoms with Gasteiger partial charge in [0.1, 0.15) is 0 Å². The van der Waals surface area contributed by atoms with Gasteiger partial charge in [-0.05, 0) is 265 Å². The first-order chi connectivity index (χ1) is 65.0. The van der Waals surface area contributed by atoms with Crippen LogP contribution >= 0.6 is 0 Å². The Morgan fingerprint density at radius 1 is 0.0571 bits per heavy atom. The normalized spacial score (nSPS) is 14.1. The highest BCUT2D eigenvalue weighted by Gasteiger charge is 2.40. The van der Waals surface area contributed by atoms with Gasteiger partial charge in [-0.3, -0.25) is 0 Å². The van der Waals surface area contributed by atoms with Crippen LogP contribution < -0.4 is 0 Å². The summed E-state index contributed by atoms with van der Waals surface area (Å²) in [6.45, 7) is 0. The van der Waals surface area contributed by atoms with Gasteiger partial charge in [0.25, 0.3) is 0 Å². The molecule has 0 heterocycles. The standard InChI is InChI=1S/C92H234B48/c93-69(94)2-1-47(24-70(95)96)3-48(13-58(25-71(97)98)26-72(99)100)4-49(8-53(14-59(27-73(101)102)28-74(103)104)15-60(29-75(105)106)30-76(107)108)5-50(6-51(9-54(16-61(31-77(109)110)32-78(111)112)17-62(33-79(113)114)34-80(115)116)10-55(18-63(35-81(117)118)36-82(119)120)19-64(37-83(121)122)38-84(123)124)7-52(11-56(20-65(39-85(125)126)40-86(127)128)21-66(41-87(129)130)42-88(131)132)12-57(22-67(43-89(133)134)44-90(135)136)23-68(45-91(137)138)46-92(139)140/h47-92H,1-46,93-140H2. The summed E-state index contributed by atoms with van der Waals surface area (Å²) in [4.78, 5) is 0. The van der Waals surface area contributed by atoms with Crippen LogP contribution in [-0.4, -0.2) is 377 Å². The van der Waals surface area contributed by atoms with E-state index in [1.54, 1.807) is 0 Å². The molecule has 0 aromatic heterocycles. The maximum atomic E-state index is 2.63.